The molecule has 1 aromatic heterocycles. The Balaban J connectivity index is 2.40. The first-order chi connectivity index (χ1) is 8.41. The lowest BCUT2D eigenvalue weighted by Crippen LogP contribution is -2.04. The summed E-state index contributed by atoms with van der Waals surface area (Å²) in [5, 5.41) is 15.1. The Morgan fingerprint density at radius 2 is 2.00 bits per heavy atom. The van der Waals surface area contributed by atoms with Crippen LogP contribution in [0.1, 0.15) is 5.69 Å². The summed E-state index contributed by atoms with van der Waals surface area (Å²) in [6.07, 6.45) is -4.49. The predicted molar refractivity (Wildman–Crippen MR) is 57.2 cm³/mol. The molecule has 1 heterocycles. The van der Waals surface area contributed by atoms with E-state index in [0.717, 1.165) is 6.07 Å². The maximum absolute atomic E-state index is 12.4. The first-order valence-corrected chi connectivity index (χ1v) is 4.92. The molecule has 0 saturated carbocycles. The van der Waals surface area contributed by atoms with Crippen LogP contribution in [0.3, 0.4) is 0 Å². The number of rotatable bonds is 2. The normalized spacial score (nSPS) is 11.6. The molecule has 2 rings (SSSR count). The van der Waals surface area contributed by atoms with Crippen molar-refractivity contribution in [3.05, 3.63) is 30.0 Å². The zero-order valence-corrected chi connectivity index (χ0v) is 9.25. The highest BCUT2D eigenvalue weighted by Gasteiger charge is 2.33. The molecule has 0 aliphatic carbocycles. The van der Waals surface area contributed by atoms with Gasteiger partial charge in [-0.25, -0.2) is 0 Å². The highest BCUT2D eigenvalue weighted by atomic mass is 19.4. The third-order valence-corrected chi connectivity index (χ3v) is 2.36. The lowest BCUT2D eigenvalue weighted by atomic mass is 10.1. The van der Waals surface area contributed by atoms with E-state index in [1.165, 1.54) is 25.3 Å². The van der Waals surface area contributed by atoms with E-state index >= 15 is 0 Å². The Morgan fingerprint density at radius 3 is 2.50 bits per heavy atom. The average Bonchev–Trinajstić information content (AvgIpc) is 2.77. The van der Waals surface area contributed by atoms with Gasteiger partial charge in [0.25, 0.3) is 0 Å². The summed E-state index contributed by atoms with van der Waals surface area (Å²) in [6.45, 7) is 0. The third-order valence-electron chi connectivity index (χ3n) is 2.36. The minimum Gasteiger partial charge on any atom is -0.507 e. The van der Waals surface area contributed by atoms with E-state index in [1.54, 1.807) is 0 Å². The van der Waals surface area contributed by atoms with Crippen LogP contribution < -0.4 is 4.74 Å². The number of hydrogen-bond acceptors (Lipinski definition) is 3. The van der Waals surface area contributed by atoms with Crippen LogP contribution in [0.2, 0.25) is 0 Å². The number of alkyl halides is 3. The second-order valence-corrected chi connectivity index (χ2v) is 3.55. The van der Waals surface area contributed by atoms with Gasteiger partial charge >= 0.3 is 6.18 Å². The minimum atomic E-state index is -4.49. The smallest absolute Gasteiger partial charge is 0.432 e. The predicted octanol–water partition coefficient (Wildman–Crippen LogP) is 2.81. The molecule has 2 N–H and O–H groups in total. The number of nitrogens with zero attached hydrogens (tertiary/aromatic N) is 1. The second kappa shape index (κ2) is 4.25. The first kappa shape index (κ1) is 12.3. The van der Waals surface area contributed by atoms with Gasteiger partial charge in [-0.2, -0.15) is 18.3 Å². The van der Waals surface area contributed by atoms with Crippen LogP contribution in [-0.2, 0) is 6.18 Å². The summed E-state index contributed by atoms with van der Waals surface area (Å²) in [6, 6.07) is 5.10. The summed E-state index contributed by atoms with van der Waals surface area (Å²) in [5.74, 6) is 0.206. The molecule has 0 amide bonds. The number of benzene rings is 1. The Morgan fingerprint density at radius 1 is 1.28 bits per heavy atom. The van der Waals surface area contributed by atoms with E-state index in [1.807, 2.05) is 5.10 Å². The largest absolute Gasteiger partial charge is 0.507 e. The van der Waals surface area contributed by atoms with Crippen LogP contribution in [0.4, 0.5) is 13.2 Å². The highest BCUT2D eigenvalue weighted by molar-refractivity contribution is 5.68. The monoisotopic (exact) mass is 258 g/mol. The van der Waals surface area contributed by atoms with Gasteiger partial charge in [0.1, 0.15) is 17.2 Å². The maximum atomic E-state index is 12.4. The van der Waals surface area contributed by atoms with E-state index in [9.17, 15) is 18.3 Å². The van der Waals surface area contributed by atoms with Crippen molar-refractivity contribution in [2.75, 3.05) is 7.11 Å². The van der Waals surface area contributed by atoms with Crippen LogP contribution >= 0.6 is 0 Å². The Kier molecular flexibility index (Phi) is 2.90. The number of ether oxygens (including phenoxy) is 1. The molecule has 7 heteroatoms. The average molecular weight is 258 g/mol. The Bertz CT molecular complexity index is 564. The molecule has 0 spiro atoms. The Hall–Kier alpha value is -2.18. The number of phenolic OH excluding ortho intramolecular Hbond substituents is 1. The molecule has 1 aromatic carbocycles. The topological polar surface area (TPSA) is 58.1 Å². The van der Waals surface area contributed by atoms with Crippen LogP contribution in [0.5, 0.6) is 11.5 Å². The number of H-pyrrole nitrogens is 1. The number of aromatic hydroxyl groups is 1. The molecule has 0 bridgehead atoms. The van der Waals surface area contributed by atoms with Gasteiger partial charge in [0, 0.05) is 11.6 Å². The molecular weight excluding hydrogens is 249 g/mol. The standard InChI is InChI=1S/C11H9F3N2O2/c1-18-6-2-3-7(9(17)4-6)8-5-10(16-15-8)11(12,13)14/h2-5,17H,1H3,(H,15,16). The van der Waals surface area contributed by atoms with E-state index in [4.69, 9.17) is 4.74 Å². The van der Waals surface area contributed by atoms with E-state index in [2.05, 4.69) is 5.10 Å². The minimum absolute atomic E-state index is 0.0162. The molecule has 96 valence electrons. The molecule has 0 unspecified atom stereocenters. The van der Waals surface area contributed by atoms with Crippen molar-refractivity contribution in [2.24, 2.45) is 0 Å². The number of halogens is 3. The fourth-order valence-corrected chi connectivity index (χ4v) is 1.46. The number of hydrogen-bond donors (Lipinski definition) is 2. The summed E-state index contributed by atoms with van der Waals surface area (Å²) < 4.78 is 42.0. The molecule has 2 aromatic rings. The number of methoxy groups -OCH3 is 1. The zero-order chi connectivity index (χ0) is 13.3. The van der Waals surface area contributed by atoms with Crippen LogP contribution in [0, 0.1) is 0 Å². The Labute approximate surface area is 100 Å². The van der Waals surface area contributed by atoms with Gasteiger partial charge in [0.15, 0.2) is 0 Å². The summed E-state index contributed by atoms with van der Waals surface area (Å²) >= 11 is 0. The highest BCUT2D eigenvalue weighted by Crippen LogP contribution is 2.34. The molecule has 0 radical (unpaired) electrons. The van der Waals surface area contributed by atoms with Crippen LogP contribution in [0.25, 0.3) is 11.3 Å². The summed E-state index contributed by atoms with van der Waals surface area (Å²) in [7, 11) is 1.42. The lowest BCUT2D eigenvalue weighted by Gasteiger charge is -2.04. The molecule has 0 aliphatic rings. The van der Waals surface area contributed by atoms with E-state index in [0.29, 0.717) is 5.75 Å². The zero-order valence-electron chi connectivity index (χ0n) is 9.25. The molecular formula is C11H9F3N2O2. The van der Waals surface area contributed by atoms with E-state index in [-0.39, 0.29) is 17.0 Å². The van der Waals surface area contributed by atoms with Crippen LogP contribution in [0.15, 0.2) is 24.3 Å². The van der Waals surface area contributed by atoms with Crippen molar-refractivity contribution in [3.63, 3.8) is 0 Å². The fourth-order valence-electron chi connectivity index (χ4n) is 1.46. The van der Waals surface area contributed by atoms with Gasteiger partial charge in [0.2, 0.25) is 0 Å². The van der Waals surface area contributed by atoms with Gasteiger partial charge in [-0.05, 0) is 18.2 Å². The molecule has 0 aliphatic heterocycles. The molecule has 0 fully saturated rings. The summed E-state index contributed by atoms with van der Waals surface area (Å²) in [5.41, 5.74) is -0.752. The van der Waals surface area contributed by atoms with Gasteiger partial charge in [-0.3, -0.25) is 5.10 Å². The lowest BCUT2D eigenvalue weighted by molar-refractivity contribution is -0.141. The number of nitrogens with one attached hydrogen (secondary N) is 1. The molecule has 18 heavy (non-hydrogen) atoms. The maximum Gasteiger partial charge on any atom is 0.432 e. The quantitative estimate of drug-likeness (QED) is 0.870. The van der Waals surface area contributed by atoms with Crippen molar-refractivity contribution in [1.29, 1.82) is 0 Å². The molecule has 0 saturated heterocycles. The number of phenols is 1. The SMILES string of the molecule is COc1ccc(-c2cc(C(F)(F)F)[nH]n2)c(O)c1. The number of aromatic nitrogens is 2. The van der Waals surface area contributed by atoms with Crippen molar-refractivity contribution >= 4 is 0 Å². The first-order valence-electron chi connectivity index (χ1n) is 4.92. The van der Waals surface area contributed by atoms with Crippen LogP contribution in [-0.4, -0.2) is 22.4 Å². The van der Waals surface area contributed by atoms with Gasteiger partial charge < -0.3 is 9.84 Å². The number of aromatic amines is 1. The van der Waals surface area contributed by atoms with Gasteiger partial charge in [-0.15, -0.1) is 0 Å². The summed E-state index contributed by atoms with van der Waals surface area (Å²) in [4.78, 5) is 0. The van der Waals surface area contributed by atoms with Crippen molar-refractivity contribution in [1.82, 2.24) is 10.2 Å². The van der Waals surface area contributed by atoms with E-state index < -0.39 is 11.9 Å². The van der Waals surface area contributed by atoms with Crippen molar-refractivity contribution < 1.29 is 23.0 Å². The van der Waals surface area contributed by atoms with Gasteiger partial charge in [-0.1, -0.05) is 0 Å². The molecule has 4 nitrogen and oxygen atoms in total. The molecule has 0 atom stereocenters. The fraction of sp³-hybridized carbons (Fsp3) is 0.182. The second-order valence-electron chi connectivity index (χ2n) is 3.55. The van der Waals surface area contributed by atoms with Crippen molar-refractivity contribution in [3.8, 4) is 22.8 Å². The van der Waals surface area contributed by atoms with Crippen molar-refractivity contribution in [2.45, 2.75) is 6.18 Å². The van der Waals surface area contributed by atoms with Gasteiger partial charge in [0.05, 0.1) is 12.8 Å². The third kappa shape index (κ3) is 2.24.